The predicted octanol–water partition coefficient (Wildman–Crippen LogP) is 3.59. The third-order valence-electron chi connectivity index (χ3n) is 3.93. The van der Waals surface area contributed by atoms with Crippen LogP contribution in [0.5, 0.6) is 5.75 Å². The van der Waals surface area contributed by atoms with Gasteiger partial charge < -0.3 is 20.7 Å². The lowest BCUT2D eigenvalue weighted by molar-refractivity contribution is -0.384. The van der Waals surface area contributed by atoms with Crippen LogP contribution in [-0.4, -0.2) is 34.6 Å². The molecule has 0 saturated carbocycles. The van der Waals surface area contributed by atoms with E-state index in [0.717, 1.165) is 0 Å². The maximum absolute atomic E-state index is 12.1. The number of carbonyl (C=O) groups is 1. The van der Waals surface area contributed by atoms with Crippen molar-refractivity contribution in [1.82, 2.24) is 15.3 Å². The van der Waals surface area contributed by atoms with E-state index in [0.29, 0.717) is 17.0 Å². The first kappa shape index (κ1) is 20.8. The number of aromatic nitrogens is 2. The van der Waals surface area contributed by atoms with E-state index >= 15 is 0 Å². The maximum atomic E-state index is 12.1. The van der Waals surface area contributed by atoms with Crippen LogP contribution in [0.4, 0.5) is 23.1 Å². The molecule has 154 valence electrons. The van der Waals surface area contributed by atoms with Crippen molar-refractivity contribution < 1.29 is 14.5 Å². The number of non-ortho nitro benzene ring substituents is 1. The molecule has 1 heterocycles. The first-order valence-electron chi connectivity index (χ1n) is 8.67. The van der Waals surface area contributed by atoms with Crippen LogP contribution in [0.25, 0.3) is 0 Å². The lowest BCUT2D eigenvalue weighted by Crippen LogP contribution is -2.29. The summed E-state index contributed by atoms with van der Waals surface area (Å²) in [6, 6.07) is 12.9. The lowest BCUT2D eigenvalue weighted by atomic mass is 10.2. The Labute approximate surface area is 176 Å². The van der Waals surface area contributed by atoms with Crippen molar-refractivity contribution in [3.63, 3.8) is 0 Å². The quantitative estimate of drug-likeness (QED) is 0.282. The molecule has 0 bridgehead atoms. The number of benzene rings is 2. The number of hydrogen-bond donors (Lipinski definition) is 3. The van der Waals surface area contributed by atoms with E-state index in [4.69, 9.17) is 16.3 Å². The fraction of sp³-hybridized carbons (Fsp3) is 0.105. The monoisotopic (exact) mass is 428 g/mol. The molecule has 3 rings (SSSR count). The van der Waals surface area contributed by atoms with Crippen LogP contribution in [0, 0.1) is 10.1 Å². The molecule has 11 heteroatoms. The molecule has 0 saturated heterocycles. The van der Waals surface area contributed by atoms with Crippen LogP contribution >= 0.6 is 11.6 Å². The molecule has 0 atom stereocenters. The predicted molar refractivity (Wildman–Crippen MR) is 112 cm³/mol. The Balaban J connectivity index is 1.70. The Morgan fingerprint density at radius 3 is 2.70 bits per heavy atom. The maximum Gasteiger partial charge on any atom is 0.271 e. The molecule has 1 amide bonds. The molecule has 10 nitrogen and oxygen atoms in total. The summed E-state index contributed by atoms with van der Waals surface area (Å²) in [5.74, 6) is 0.527. The molecular weight excluding hydrogens is 412 g/mol. The molecule has 2 aromatic carbocycles. The van der Waals surface area contributed by atoms with Crippen LogP contribution in [0.1, 0.15) is 10.4 Å². The second-order valence-corrected chi connectivity index (χ2v) is 6.29. The van der Waals surface area contributed by atoms with Crippen molar-refractivity contribution in [2.45, 2.75) is 0 Å². The Bertz CT molecular complexity index is 1060. The lowest BCUT2D eigenvalue weighted by Gasteiger charge is -2.12. The number of hydrogen-bond acceptors (Lipinski definition) is 8. The molecule has 0 fully saturated rings. The van der Waals surface area contributed by atoms with E-state index in [1.807, 2.05) is 6.07 Å². The smallest absolute Gasteiger partial charge is 0.271 e. The molecule has 0 aliphatic rings. The van der Waals surface area contributed by atoms with Crippen molar-refractivity contribution in [1.29, 1.82) is 0 Å². The number of nitro groups is 1. The van der Waals surface area contributed by atoms with E-state index < -0.39 is 4.92 Å². The number of ether oxygens (including phenoxy) is 1. The van der Waals surface area contributed by atoms with E-state index in [2.05, 4.69) is 25.9 Å². The summed E-state index contributed by atoms with van der Waals surface area (Å²) in [6.45, 7) is 0.0734. The van der Waals surface area contributed by atoms with Gasteiger partial charge in [-0.2, -0.15) is 4.98 Å². The zero-order chi connectivity index (χ0) is 21.5. The summed E-state index contributed by atoms with van der Waals surface area (Å²) in [5, 5.41) is 19.7. The summed E-state index contributed by atoms with van der Waals surface area (Å²) in [6.07, 6.45) is 1.36. The van der Waals surface area contributed by atoms with Gasteiger partial charge in [0.2, 0.25) is 5.95 Å². The second kappa shape index (κ2) is 9.52. The third-order valence-corrected chi connectivity index (χ3v) is 4.20. The summed E-state index contributed by atoms with van der Waals surface area (Å²) >= 11 is 6.11. The molecule has 1 aromatic heterocycles. The van der Waals surface area contributed by atoms with Gasteiger partial charge in [-0.1, -0.05) is 29.8 Å². The van der Waals surface area contributed by atoms with Gasteiger partial charge in [-0.05, 0) is 18.2 Å². The van der Waals surface area contributed by atoms with Crippen LogP contribution in [0.2, 0.25) is 5.02 Å². The summed E-state index contributed by atoms with van der Waals surface area (Å²) in [5.41, 5.74) is 0.722. The fourth-order valence-electron chi connectivity index (χ4n) is 2.48. The minimum atomic E-state index is -0.518. The van der Waals surface area contributed by atoms with Gasteiger partial charge in [-0.15, -0.1) is 0 Å². The average molecular weight is 429 g/mol. The van der Waals surface area contributed by atoms with Gasteiger partial charge in [0.1, 0.15) is 10.8 Å². The highest BCUT2D eigenvalue weighted by Crippen LogP contribution is 2.31. The zero-order valence-electron chi connectivity index (χ0n) is 15.8. The molecule has 0 aliphatic carbocycles. The second-order valence-electron chi connectivity index (χ2n) is 5.88. The topological polar surface area (TPSA) is 131 Å². The standard InChI is InChI=1S/C19H17ClN6O4/c1-30-16-8-7-13(26(28)29)9-15(16)24-19-21-10-14(20)17(25-19)22-11-23-18(27)12-5-3-2-4-6-12/h2-10H,11H2,1H3,(H,23,27)(H2,21,22,24,25). The average Bonchev–Trinajstić information content (AvgIpc) is 2.76. The molecule has 0 aliphatic heterocycles. The highest BCUT2D eigenvalue weighted by molar-refractivity contribution is 6.32. The Hall–Kier alpha value is -3.92. The van der Waals surface area contributed by atoms with Crippen LogP contribution in [-0.2, 0) is 0 Å². The molecular formula is C19H17ClN6O4. The molecule has 3 aromatic rings. The molecule has 0 unspecified atom stereocenters. The van der Waals surface area contributed by atoms with Crippen molar-refractivity contribution in [3.05, 3.63) is 75.4 Å². The minimum absolute atomic E-state index is 0.0734. The number of nitrogens with one attached hydrogen (secondary N) is 3. The summed E-state index contributed by atoms with van der Waals surface area (Å²) in [4.78, 5) is 30.9. The minimum Gasteiger partial charge on any atom is -0.495 e. The van der Waals surface area contributed by atoms with E-state index in [1.54, 1.807) is 24.3 Å². The number of carbonyl (C=O) groups excluding carboxylic acids is 1. The Kier molecular flexibility index (Phi) is 6.60. The summed E-state index contributed by atoms with van der Waals surface area (Å²) in [7, 11) is 1.44. The van der Waals surface area contributed by atoms with Crippen LogP contribution in [0.3, 0.4) is 0 Å². The number of methoxy groups -OCH3 is 1. The Morgan fingerprint density at radius 1 is 1.23 bits per heavy atom. The molecule has 3 N–H and O–H groups in total. The van der Waals surface area contributed by atoms with E-state index in [9.17, 15) is 14.9 Å². The molecule has 0 radical (unpaired) electrons. The first-order chi connectivity index (χ1) is 14.5. The summed E-state index contributed by atoms with van der Waals surface area (Å²) < 4.78 is 5.21. The van der Waals surface area contributed by atoms with Gasteiger partial charge in [-0.25, -0.2) is 4.98 Å². The number of nitro benzene ring substituents is 1. The number of rotatable bonds is 8. The van der Waals surface area contributed by atoms with Gasteiger partial charge in [0.25, 0.3) is 11.6 Å². The SMILES string of the molecule is COc1ccc([N+](=O)[O-])cc1Nc1ncc(Cl)c(NCNC(=O)c2ccccc2)n1. The number of anilines is 3. The number of amides is 1. The van der Waals surface area contributed by atoms with Crippen LogP contribution in [0.15, 0.2) is 54.7 Å². The normalized spacial score (nSPS) is 10.2. The Morgan fingerprint density at radius 2 is 2.00 bits per heavy atom. The van der Waals surface area contributed by atoms with E-state index in [1.165, 1.54) is 31.5 Å². The van der Waals surface area contributed by atoms with Gasteiger partial charge in [0.15, 0.2) is 5.82 Å². The fourth-order valence-corrected chi connectivity index (χ4v) is 2.64. The van der Waals surface area contributed by atoms with Gasteiger partial charge in [0, 0.05) is 17.7 Å². The van der Waals surface area contributed by atoms with E-state index in [-0.39, 0.29) is 35.1 Å². The number of nitrogens with zero attached hydrogens (tertiary/aromatic N) is 3. The van der Waals surface area contributed by atoms with Crippen LogP contribution < -0.4 is 20.7 Å². The highest BCUT2D eigenvalue weighted by atomic mass is 35.5. The third kappa shape index (κ3) is 5.11. The first-order valence-corrected chi connectivity index (χ1v) is 9.05. The van der Waals surface area contributed by atoms with Crippen molar-refractivity contribution in [2.75, 3.05) is 24.4 Å². The van der Waals surface area contributed by atoms with Gasteiger partial charge in [0.05, 0.1) is 30.6 Å². The molecule has 30 heavy (non-hydrogen) atoms. The highest BCUT2D eigenvalue weighted by Gasteiger charge is 2.14. The van der Waals surface area contributed by atoms with Crippen molar-refractivity contribution in [2.24, 2.45) is 0 Å². The van der Waals surface area contributed by atoms with Gasteiger partial charge in [-0.3, -0.25) is 14.9 Å². The number of halogens is 1. The largest absolute Gasteiger partial charge is 0.495 e. The van der Waals surface area contributed by atoms with Crippen molar-refractivity contribution in [3.8, 4) is 5.75 Å². The van der Waals surface area contributed by atoms with Gasteiger partial charge >= 0.3 is 0 Å². The van der Waals surface area contributed by atoms with Crippen molar-refractivity contribution >= 4 is 40.6 Å². The molecule has 0 spiro atoms. The zero-order valence-corrected chi connectivity index (χ0v) is 16.5.